The largest absolute Gasteiger partial charge is 0.351 e. The molecule has 1 N–H and O–H groups in total. The minimum Gasteiger partial charge on any atom is -0.351 e. The van der Waals surface area contributed by atoms with E-state index in [4.69, 9.17) is 0 Å². The topological polar surface area (TPSA) is 29.1 Å². The highest BCUT2D eigenvalue weighted by atomic mass is 79.9. The van der Waals surface area contributed by atoms with Gasteiger partial charge in [-0.1, -0.05) is 0 Å². The van der Waals surface area contributed by atoms with Crippen molar-refractivity contribution in [2.24, 2.45) is 11.3 Å². The maximum absolute atomic E-state index is 11.9. The first kappa shape index (κ1) is 10.8. The van der Waals surface area contributed by atoms with E-state index in [2.05, 4.69) is 21.2 Å². The average Bonchev–Trinajstić information content (AvgIpc) is 3.14. The summed E-state index contributed by atoms with van der Waals surface area (Å²) in [5.41, 5.74) is 1.27. The van der Waals surface area contributed by atoms with Crippen LogP contribution in [0.25, 0.3) is 0 Å². The van der Waals surface area contributed by atoms with Gasteiger partial charge in [0.1, 0.15) is 0 Å². The Hall–Kier alpha value is -0.350. The van der Waals surface area contributed by atoms with Gasteiger partial charge in [0, 0.05) is 11.9 Å². The van der Waals surface area contributed by atoms with Gasteiger partial charge in [-0.25, -0.2) is 0 Å². The van der Waals surface area contributed by atoms with Gasteiger partial charge in [0.25, 0.3) is 5.91 Å². The first-order valence-electron chi connectivity index (χ1n) is 5.72. The summed E-state index contributed by atoms with van der Waals surface area (Å²) >= 11 is 4.93. The van der Waals surface area contributed by atoms with Gasteiger partial charge in [-0.05, 0) is 59.0 Å². The Labute approximate surface area is 108 Å². The van der Waals surface area contributed by atoms with Gasteiger partial charge in [0.05, 0.1) is 9.35 Å². The Morgan fingerprint density at radius 1 is 1.56 bits per heavy atom. The van der Waals surface area contributed by atoms with Crippen molar-refractivity contribution >= 4 is 33.2 Å². The third-order valence-corrected chi connectivity index (χ3v) is 5.27. The standard InChI is InChI=1S/C12H14BrNOS/c13-10-5-8(6-16-10)11(15)14-7-12(3-4-12)9-1-2-9/h5-6,9H,1-4,7H2,(H,14,15). The highest BCUT2D eigenvalue weighted by Crippen LogP contribution is 2.60. The molecule has 2 nitrogen and oxygen atoms in total. The van der Waals surface area contributed by atoms with E-state index in [0.29, 0.717) is 5.41 Å². The van der Waals surface area contributed by atoms with Gasteiger partial charge in [0.15, 0.2) is 0 Å². The maximum atomic E-state index is 11.9. The smallest absolute Gasteiger partial charge is 0.252 e. The quantitative estimate of drug-likeness (QED) is 0.907. The fourth-order valence-electron chi connectivity index (χ4n) is 2.37. The summed E-state index contributed by atoms with van der Waals surface area (Å²) < 4.78 is 1.01. The summed E-state index contributed by atoms with van der Waals surface area (Å²) in [5, 5.41) is 4.98. The van der Waals surface area contributed by atoms with Crippen LogP contribution in [0.5, 0.6) is 0 Å². The van der Waals surface area contributed by atoms with Crippen LogP contribution in [0, 0.1) is 11.3 Å². The molecule has 16 heavy (non-hydrogen) atoms. The number of carbonyl (C=O) groups is 1. The Kier molecular flexibility index (Phi) is 2.59. The Bertz CT molecular complexity index is 420. The molecule has 0 bridgehead atoms. The zero-order valence-electron chi connectivity index (χ0n) is 8.96. The number of hydrogen-bond acceptors (Lipinski definition) is 2. The second-order valence-corrected chi connectivity index (χ2v) is 7.25. The van der Waals surface area contributed by atoms with Gasteiger partial charge in [0.2, 0.25) is 0 Å². The van der Waals surface area contributed by atoms with Gasteiger partial charge in [-0.2, -0.15) is 0 Å². The van der Waals surface area contributed by atoms with E-state index in [9.17, 15) is 4.79 Å². The van der Waals surface area contributed by atoms with Crippen LogP contribution in [0.15, 0.2) is 15.2 Å². The predicted molar refractivity (Wildman–Crippen MR) is 68.7 cm³/mol. The monoisotopic (exact) mass is 299 g/mol. The van der Waals surface area contributed by atoms with E-state index in [-0.39, 0.29) is 5.91 Å². The average molecular weight is 300 g/mol. The molecule has 2 aliphatic carbocycles. The maximum Gasteiger partial charge on any atom is 0.252 e. The molecular formula is C12H14BrNOS. The summed E-state index contributed by atoms with van der Waals surface area (Å²) in [4.78, 5) is 11.9. The van der Waals surface area contributed by atoms with Crippen molar-refractivity contribution in [1.29, 1.82) is 0 Å². The molecule has 2 fully saturated rings. The molecule has 4 heteroatoms. The molecule has 86 valence electrons. The minimum atomic E-state index is 0.0777. The van der Waals surface area contributed by atoms with Crippen LogP contribution in [-0.2, 0) is 0 Å². The molecule has 0 saturated heterocycles. The van der Waals surface area contributed by atoms with Crippen molar-refractivity contribution < 1.29 is 4.79 Å². The molecule has 0 radical (unpaired) electrons. The van der Waals surface area contributed by atoms with E-state index in [1.54, 1.807) is 11.3 Å². The Balaban J connectivity index is 1.57. The zero-order chi connectivity index (χ0) is 11.2. The van der Waals surface area contributed by atoms with Crippen molar-refractivity contribution in [2.45, 2.75) is 25.7 Å². The van der Waals surface area contributed by atoms with Crippen molar-refractivity contribution in [2.75, 3.05) is 6.54 Å². The zero-order valence-corrected chi connectivity index (χ0v) is 11.4. The molecule has 0 aromatic carbocycles. The number of halogens is 1. The first-order valence-corrected chi connectivity index (χ1v) is 7.39. The van der Waals surface area contributed by atoms with Crippen LogP contribution in [0.2, 0.25) is 0 Å². The lowest BCUT2D eigenvalue weighted by Gasteiger charge is -2.14. The number of rotatable bonds is 4. The van der Waals surface area contributed by atoms with Crippen molar-refractivity contribution in [3.63, 3.8) is 0 Å². The summed E-state index contributed by atoms with van der Waals surface area (Å²) in [6.45, 7) is 0.879. The molecule has 0 aliphatic heterocycles. The molecule has 3 rings (SSSR count). The highest BCUT2D eigenvalue weighted by Gasteiger charge is 2.53. The third-order valence-electron chi connectivity index (χ3n) is 3.77. The van der Waals surface area contributed by atoms with E-state index < -0.39 is 0 Å². The lowest BCUT2D eigenvalue weighted by atomic mass is 10.0. The molecule has 0 spiro atoms. The van der Waals surface area contributed by atoms with Crippen LogP contribution in [-0.4, -0.2) is 12.5 Å². The normalized spacial score (nSPS) is 21.8. The van der Waals surface area contributed by atoms with E-state index in [1.165, 1.54) is 25.7 Å². The minimum absolute atomic E-state index is 0.0777. The van der Waals surface area contributed by atoms with Crippen LogP contribution in [0.3, 0.4) is 0 Å². The molecule has 0 atom stereocenters. The SMILES string of the molecule is O=C(NCC1(C2CC2)CC1)c1csc(Br)c1. The molecule has 0 unspecified atom stereocenters. The second-order valence-electron chi connectivity index (χ2n) is 4.96. The van der Waals surface area contributed by atoms with Crippen molar-refractivity contribution in [3.8, 4) is 0 Å². The second kappa shape index (κ2) is 3.84. The van der Waals surface area contributed by atoms with Crippen LogP contribution in [0.4, 0.5) is 0 Å². The molecule has 1 aromatic heterocycles. The molecule has 1 aromatic rings. The fraction of sp³-hybridized carbons (Fsp3) is 0.583. The number of hydrogen-bond donors (Lipinski definition) is 1. The number of nitrogens with one attached hydrogen (secondary N) is 1. The third kappa shape index (κ3) is 2.05. The number of thiophene rings is 1. The van der Waals surface area contributed by atoms with Gasteiger partial charge in [-0.15, -0.1) is 11.3 Å². The Morgan fingerprint density at radius 2 is 2.31 bits per heavy atom. The highest BCUT2D eigenvalue weighted by molar-refractivity contribution is 9.11. The number of amides is 1. The fourth-order valence-corrected chi connectivity index (χ4v) is 3.51. The predicted octanol–water partition coefficient (Wildman–Crippen LogP) is 3.43. The first-order chi connectivity index (χ1) is 7.70. The van der Waals surface area contributed by atoms with Crippen molar-refractivity contribution in [1.82, 2.24) is 5.32 Å². The number of carbonyl (C=O) groups excluding carboxylic acids is 1. The lowest BCUT2D eigenvalue weighted by molar-refractivity contribution is 0.0943. The Morgan fingerprint density at radius 3 is 2.81 bits per heavy atom. The summed E-state index contributed by atoms with van der Waals surface area (Å²) in [5.74, 6) is 0.982. The van der Waals surface area contributed by atoms with E-state index >= 15 is 0 Å². The van der Waals surface area contributed by atoms with E-state index in [0.717, 1.165) is 21.8 Å². The lowest BCUT2D eigenvalue weighted by Crippen LogP contribution is -2.30. The van der Waals surface area contributed by atoms with Gasteiger partial charge >= 0.3 is 0 Å². The molecule has 2 saturated carbocycles. The van der Waals surface area contributed by atoms with Crippen LogP contribution < -0.4 is 5.32 Å². The summed E-state index contributed by atoms with van der Waals surface area (Å²) in [6.07, 6.45) is 5.37. The van der Waals surface area contributed by atoms with Crippen LogP contribution in [0.1, 0.15) is 36.0 Å². The van der Waals surface area contributed by atoms with Gasteiger partial charge < -0.3 is 5.32 Å². The molecule has 1 amide bonds. The summed E-state index contributed by atoms with van der Waals surface area (Å²) in [6, 6.07) is 1.89. The molecule has 2 aliphatic rings. The summed E-state index contributed by atoms with van der Waals surface area (Å²) in [7, 11) is 0. The van der Waals surface area contributed by atoms with E-state index in [1.807, 2.05) is 11.4 Å². The van der Waals surface area contributed by atoms with Crippen molar-refractivity contribution in [3.05, 3.63) is 20.8 Å². The van der Waals surface area contributed by atoms with Gasteiger partial charge in [-0.3, -0.25) is 4.79 Å². The molecular weight excluding hydrogens is 286 g/mol. The van der Waals surface area contributed by atoms with Crippen LogP contribution >= 0.6 is 27.3 Å². The molecule has 1 heterocycles.